The number of phenolic OH excluding ortho intramolecular Hbond substituents is 1. The Balaban J connectivity index is 1.97. The number of rotatable bonds is 8. The molecule has 2 aromatic rings. The summed E-state index contributed by atoms with van der Waals surface area (Å²) in [5, 5.41) is 24.7. The van der Waals surface area contributed by atoms with Crippen LogP contribution in [0, 0.1) is 17.2 Å². The number of nitrogens with one attached hydrogen (secondary N) is 1. The van der Waals surface area contributed by atoms with E-state index in [1.165, 1.54) is 5.56 Å². The first-order valence-corrected chi connectivity index (χ1v) is 13.2. The van der Waals surface area contributed by atoms with E-state index in [9.17, 15) is 5.11 Å². The SMILES string of the molecule is CCCC1CN(CC(=NOC)c2cc(C(C)(C)C)c(O)c(C(C)(C)C)c2)C(=N)C1Cc1ccccc1. The summed E-state index contributed by atoms with van der Waals surface area (Å²) < 4.78 is 0. The van der Waals surface area contributed by atoms with Crippen LogP contribution in [0.1, 0.15) is 83.6 Å². The number of aromatic hydroxyl groups is 1. The molecular formula is C31H45N3O2. The third-order valence-corrected chi connectivity index (χ3v) is 7.28. The van der Waals surface area contributed by atoms with Crippen LogP contribution in [0.3, 0.4) is 0 Å². The molecule has 0 spiro atoms. The highest BCUT2D eigenvalue weighted by atomic mass is 16.6. The molecule has 1 aliphatic heterocycles. The van der Waals surface area contributed by atoms with E-state index in [1.807, 2.05) is 18.2 Å². The molecule has 196 valence electrons. The van der Waals surface area contributed by atoms with E-state index in [4.69, 9.17) is 10.2 Å². The van der Waals surface area contributed by atoms with Crippen LogP contribution in [-0.4, -0.2) is 41.8 Å². The van der Waals surface area contributed by atoms with Gasteiger partial charge in [-0.15, -0.1) is 0 Å². The molecule has 2 atom stereocenters. The fourth-order valence-electron chi connectivity index (χ4n) is 5.32. The molecule has 3 rings (SSSR count). The van der Waals surface area contributed by atoms with E-state index in [0.29, 0.717) is 24.0 Å². The number of benzene rings is 2. The maximum Gasteiger partial charge on any atom is 0.123 e. The highest BCUT2D eigenvalue weighted by Gasteiger charge is 2.37. The molecule has 0 aliphatic carbocycles. The minimum absolute atomic E-state index is 0.200. The van der Waals surface area contributed by atoms with E-state index >= 15 is 0 Å². The molecule has 2 unspecified atom stereocenters. The Morgan fingerprint density at radius 1 is 1.06 bits per heavy atom. The molecule has 0 amide bonds. The van der Waals surface area contributed by atoms with Gasteiger partial charge in [-0.3, -0.25) is 5.41 Å². The second-order valence-electron chi connectivity index (χ2n) is 12.3. The molecule has 0 bridgehead atoms. The van der Waals surface area contributed by atoms with E-state index in [0.717, 1.165) is 48.2 Å². The fourth-order valence-corrected chi connectivity index (χ4v) is 5.32. The Hall–Kier alpha value is -2.82. The number of phenols is 1. The van der Waals surface area contributed by atoms with Crippen LogP contribution < -0.4 is 0 Å². The molecule has 1 heterocycles. The highest BCUT2D eigenvalue weighted by molar-refractivity contribution is 6.04. The smallest absolute Gasteiger partial charge is 0.123 e. The molecule has 2 aromatic carbocycles. The molecule has 2 N–H and O–H groups in total. The summed E-state index contributed by atoms with van der Waals surface area (Å²) in [7, 11) is 1.57. The molecule has 0 aromatic heterocycles. The number of oxime groups is 1. The third-order valence-electron chi connectivity index (χ3n) is 7.28. The summed E-state index contributed by atoms with van der Waals surface area (Å²) >= 11 is 0. The van der Waals surface area contributed by atoms with Gasteiger partial charge in [0.2, 0.25) is 0 Å². The van der Waals surface area contributed by atoms with E-state index < -0.39 is 0 Å². The van der Waals surface area contributed by atoms with Crippen molar-refractivity contribution < 1.29 is 9.94 Å². The summed E-state index contributed by atoms with van der Waals surface area (Å²) in [4.78, 5) is 7.48. The minimum Gasteiger partial charge on any atom is -0.507 e. The van der Waals surface area contributed by atoms with Crippen molar-refractivity contribution in [3.8, 4) is 5.75 Å². The maximum absolute atomic E-state index is 11.2. The predicted octanol–water partition coefficient (Wildman–Crippen LogP) is 6.91. The lowest BCUT2D eigenvalue weighted by molar-refractivity contribution is 0.212. The molecule has 1 aliphatic rings. The lowest BCUT2D eigenvalue weighted by atomic mass is 9.78. The first-order valence-electron chi connectivity index (χ1n) is 13.2. The summed E-state index contributed by atoms with van der Waals surface area (Å²) in [6, 6.07) is 14.6. The summed E-state index contributed by atoms with van der Waals surface area (Å²) in [5.74, 6) is 1.69. The van der Waals surface area contributed by atoms with Gasteiger partial charge in [0.15, 0.2) is 0 Å². The largest absolute Gasteiger partial charge is 0.507 e. The number of hydrogen-bond acceptors (Lipinski definition) is 4. The van der Waals surface area contributed by atoms with Crippen LogP contribution in [0.5, 0.6) is 5.75 Å². The van der Waals surface area contributed by atoms with Gasteiger partial charge in [0.05, 0.1) is 12.4 Å². The maximum atomic E-state index is 11.2. The van der Waals surface area contributed by atoms with Gasteiger partial charge in [0, 0.05) is 29.2 Å². The Morgan fingerprint density at radius 3 is 2.14 bits per heavy atom. The van der Waals surface area contributed by atoms with Crippen LogP contribution in [0.4, 0.5) is 0 Å². The Labute approximate surface area is 218 Å². The highest BCUT2D eigenvalue weighted by Crippen LogP contribution is 2.40. The number of likely N-dealkylation sites (tertiary alicyclic amines) is 1. The molecule has 0 saturated carbocycles. The van der Waals surface area contributed by atoms with Crippen LogP contribution >= 0.6 is 0 Å². The lowest BCUT2D eigenvalue weighted by Crippen LogP contribution is -2.33. The van der Waals surface area contributed by atoms with Crippen molar-refractivity contribution >= 4 is 11.5 Å². The monoisotopic (exact) mass is 491 g/mol. The van der Waals surface area contributed by atoms with Crippen LogP contribution in [0.15, 0.2) is 47.6 Å². The van der Waals surface area contributed by atoms with Crippen LogP contribution in [-0.2, 0) is 22.1 Å². The number of nitrogens with zero attached hydrogens (tertiary/aromatic N) is 2. The fraction of sp³-hybridized carbons (Fsp3) is 0.548. The number of amidine groups is 1. The topological polar surface area (TPSA) is 68.9 Å². The third kappa shape index (κ3) is 6.29. The first kappa shape index (κ1) is 27.8. The Morgan fingerprint density at radius 2 is 1.64 bits per heavy atom. The molecule has 5 heteroatoms. The molecule has 36 heavy (non-hydrogen) atoms. The van der Waals surface area contributed by atoms with Crippen molar-refractivity contribution in [2.75, 3.05) is 20.2 Å². The Kier molecular flexibility index (Phi) is 8.53. The van der Waals surface area contributed by atoms with Crippen molar-refractivity contribution in [2.24, 2.45) is 17.0 Å². The van der Waals surface area contributed by atoms with Crippen molar-refractivity contribution in [3.63, 3.8) is 0 Å². The van der Waals surface area contributed by atoms with E-state index in [1.54, 1.807) is 7.11 Å². The van der Waals surface area contributed by atoms with Gasteiger partial charge >= 0.3 is 0 Å². The average Bonchev–Trinajstić information content (AvgIpc) is 3.07. The van der Waals surface area contributed by atoms with Gasteiger partial charge in [0.25, 0.3) is 0 Å². The van der Waals surface area contributed by atoms with Crippen molar-refractivity contribution in [1.29, 1.82) is 5.41 Å². The quantitative estimate of drug-likeness (QED) is 0.311. The normalized spacial score (nSPS) is 19.2. The van der Waals surface area contributed by atoms with Gasteiger partial charge < -0.3 is 14.8 Å². The summed E-state index contributed by atoms with van der Waals surface area (Å²) in [6.45, 7) is 16.3. The van der Waals surface area contributed by atoms with Crippen LogP contribution in [0.25, 0.3) is 0 Å². The summed E-state index contributed by atoms with van der Waals surface area (Å²) in [6.07, 6.45) is 3.10. The lowest BCUT2D eigenvalue weighted by Gasteiger charge is -2.29. The zero-order valence-electron chi connectivity index (χ0n) is 23.5. The first-order chi connectivity index (χ1) is 16.9. The second kappa shape index (κ2) is 11.1. The van der Waals surface area contributed by atoms with Gasteiger partial charge in [-0.25, -0.2) is 0 Å². The Bertz CT molecular complexity index is 1040. The zero-order valence-corrected chi connectivity index (χ0v) is 23.5. The van der Waals surface area contributed by atoms with Gasteiger partial charge in [0.1, 0.15) is 18.6 Å². The van der Waals surface area contributed by atoms with Crippen molar-refractivity contribution in [2.45, 2.75) is 78.6 Å². The van der Waals surface area contributed by atoms with Gasteiger partial charge in [-0.1, -0.05) is 90.4 Å². The average molecular weight is 492 g/mol. The van der Waals surface area contributed by atoms with Gasteiger partial charge in [-0.05, 0) is 47.3 Å². The molecular weight excluding hydrogens is 446 g/mol. The van der Waals surface area contributed by atoms with Crippen LogP contribution in [0.2, 0.25) is 0 Å². The zero-order chi connectivity index (χ0) is 26.7. The van der Waals surface area contributed by atoms with Crippen molar-refractivity contribution in [1.82, 2.24) is 4.90 Å². The predicted molar refractivity (Wildman–Crippen MR) is 150 cm³/mol. The minimum atomic E-state index is -0.231. The molecule has 1 saturated heterocycles. The molecule has 0 radical (unpaired) electrons. The summed E-state index contributed by atoms with van der Waals surface area (Å²) in [5.41, 5.74) is 4.35. The molecule has 1 fully saturated rings. The standard InChI is InChI=1S/C31H45N3O2/c1-9-13-22-19-34(29(32)24(22)16-21-14-11-10-12-15-21)20-27(33-36-8)23-17-25(30(2,3)4)28(35)26(18-23)31(5,6)7/h10-12,14-15,17-18,22,24,32,35H,9,13,16,19-20H2,1-8H3. The van der Waals surface area contributed by atoms with Crippen molar-refractivity contribution in [3.05, 3.63) is 64.7 Å². The second-order valence-corrected chi connectivity index (χ2v) is 12.3. The van der Waals surface area contributed by atoms with Gasteiger partial charge in [-0.2, -0.15) is 0 Å². The van der Waals surface area contributed by atoms with E-state index in [-0.39, 0.29) is 16.7 Å². The number of hydrogen-bond donors (Lipinski definition) is 2. The van der Waals surface area contributed by atoms with E-state index in [2.05, 4.69) is 82.8 Å². The molecule has 5 nitrogen and oxygen atoms in total.